The van der Waals surface area contributed by atoms with E-state index in [1.807, 2.05) is 24.3 Å². The van der Waals surface area contributed by atoms with E-state index in [1.165, 1.54) is 17.5 Å². The van der Waals surface area contributed by atoms with Gasteiger partial charge < -0.3 is 9.84 Å². The molecule has 3 aromatic rings. The van der Waals surface area contributed by atoms with Crippen LogP contribution in [0.25, 0.3) is 10.2 Å². The molecule has 2 aromatic heterocycles. The SMILES string of the molecule is O=C(O)c1ncccc1OCc1nc2ccccc2s1. The highest BCUT2D eigenvalue weighted by molar-refractivity contribution is 7.18. The molecule has 0 fully saturated rings. The molecule has 0 unspecified atom stereocenters. The van der Waals surface area contributed by atoms with Gasteiger partial charge in [0.2, 0.25) is 0 Å². The lowest BCUT2D eigenvalue weighted by Crippen LogP contribution is -2.05. The molecule has 0 amide bonds. The van der Waals surface area contributed by atoms with E-state index in [4.69, 9.17) is 9.84 Å². The fourth-order valence-electron chi connectivity index (χ4n) is 1.79. The highest BCUT2D eigenvalue weighted by atomic mass is 32.1. The van der Waals surface area contributed by atoms with Crippen molar-refractivity contribution in [3.63, 3.8) is 0 Å². The van der Waals surface area contributed by atoms with Gasteiger partial charge in [0.05, 0.1) is 10.2 Å². The van der Waals surface area contributed by atoms with Crippen molar-refractivity contribution in [2.24, 2.45) is 0 Å². The molecule has 0 aliphatic carbocycles. The van der Waals surface area contributed by atoms with Gasteiger partial charge in [-0.2, -0.15) is 0 Å². The van der Waals surface area contributed by atoms with Gasteiger partial charge in [0.25, 0.3) is 0 Å². The van der Waals surface area contributed by atoms with E-state index in [0.29, 0.717) is 0 Å². The van der Waals surface area contributed by atoms with E-state index < -0.39 is 5.97 Å². The van der Waals surface area contributed by atoms with E-state index in [1.54, 1.807) is 12.1 Å². The van der Waals surface area contributed by atoms with Crippen LogP contribution < -0.4 is 4.74 Å². The average molecular weight is 286 g/mol. The maximum absolute atomic E-state index is 11.0. The van der Waals surface area contributed by atoms with Gasteiger partial charge in [-0.1, -0.05) is 12.1 Å². The molecule has 0 saturated carbocycles. The van der Waals surface area contributed by atoms with Crippen LogP contribution in [0.2, 0.25) is 0 Å². The van der Waals surface area contributed by atoms with Crippen molar-refractivity contribution >= 4 is 27.5 Å². The molecule has 0 atom stereocenters. The number of nitrogens with zero attached hydrogens (tertiary/aromatic N) is 2. The average Bonchev–Trinajstić information content (AvgIpc) is 2.88. The maximum Gasteiger partial charge on any atom is 0.358 e. The molecule has 0 radical (unpaired) electrons. The standard InChI is InChI=1S/C14H10N2O3S/c17-14(18)13-10(5-3-7-15-13)19-8-12-16-9-4-1-2-6-11(9)20-12/h1-7H,8H2,(H,17,18). The first-order valence-electron chi connectivity index (χ1n) is 5.89. The zero-order valence-electron chi connectivity index (χ0n) is 10.3. The largest absolute Gasteiger partial charge is 0.484 e. The number of thiazole rings is 1. The second-order valence-electron chi connectivity index (χ2n) is 4.02. The van der Waals surface area contributed by atoms with Crippen LogP contribution in [0.4, 0.5) is 0 Å². The summed E-state index contributed by atoms with van der Waals surface area (Å²) in [7, 11) is 0. The summed E-state index contributed by atoms with van der Waals surface area (Å²) in [6.45, 7) is 0.227. The monoisotopic (exact) mass is 286 g/mol. The van der Waals surface area contributed by atoms with E-state index in [2.05, 4.69) is 9.97 Å². The Balaban J connectivity index is 1.81. The maximum atomic E-state index is 11.0. The fraction of sp³-hybridized carbons (Fsp3) is 0.0714. The number of carboxylic acid groups (broad SMARTS) is 1. The van der Waals surface area contributed by atoms with Gasteiger partial charge in [-0.05, 0) is 24.3 Å². The quantitative estimate of drug-likeness (QED) is 0.798. The zero-order chi connectivity index (χ0) is 13.9. The number of ether oxygens (including phenoxy) is 1. The van der Waals surface area contributed by atoms with Crippen molar-refractivity contribution < 1.29 is 14.6 Å². The van der Waals surface area contributed by atoms with E-state index in [0.717, 1.165) is 15.2 Å². The molecular formula is C14H10N2O3S. The third-order valence-corrected chi connectivity index (χ3v) is 3.67. The number of carboxylic acids is 1. The number of hydrogen-bond acceptors (Lipinski definition) is 5. The number of hydrogen-bond donors (Lipinski definition) is 1. The number of rotatable bonds is 4. The summed E-state index contributed by atoms with van der Waals surface area (Å²) in [6, 6.07) is 11.0. The van der Waals surface area contributed by atoms with Crippen LogP contribution in [0.15, 0.2) is 42.6 Å². The lowest BCUT2D eigenvalue weighted by Gasteiger charge is -2.05. The Kier molecular flexibility index (Phi) is 3.30. The van der Waals surface area contributed by atoms with Crippen molar-refractivity contribution in [2.45, 2.75) is 6.61 Å². The van der Waals surface area contributed by atoms with E-state index in [9.17, 15) is 4.79 Å². The molecule has 6 heteroatoms. The third kappa shape index (κ3) is 2.46. The lowest BCUT2D eigenvalue weighted by molar-refractivity contribution is 0.0685. The van der Waals surface area contributed by atoms with E-state index in [-0.39, 0.29) is 18.1 Å². The van der Waals surface area contributed by atoms with Gasteiger partial charge in [0, 0.05) is 6.20 Å². The number of aromatic nitrogens is 2. The predicted octanol–water partition coefficient (Wildman–Crippen LogP) is 2.97. The Morgan fingerprint density at radius 2 is 2.10 bits per heavy atom. The number of benzene rings is 1. The highest BCUT2D eigenvalue weighted by Gasteiger charge is 2.13. The van der Waals surface area contributed by atoms with Gasteiger partial charge in [-0.25, -0.2) is 14.8 Å². The summed E-state index contributed by atoms with van der Waals surface area (Å²) >= 11 is 1.53. The van der Waals surface area contributed by atoms with Crippen molar-refractivity contribution in [3.8, 4) is 5.75 Å². The molecule has 2 heterocycles. The summed E-state index contributed by atoms with van der Waals surface area (Å²) < 4.78 is 6.60. The van der Waals surface area contributed by atoms with Crippen LogP contribution in [0.3, 0.4) is 0 Å². The zero-order valence-corrected chi connectivity index (χ0v) is 11.1. The first-order valence-corrected chi connectivity index (χ1v) is 6.71. The number of pyridine rings is 1. The Morgan fingerprint density at radius 1 is 1.25 bits per heavy atom. The summed E-state index contributed by atoms with van der Waals surface area (Å²) in [4.78, 5) is 19.2. The number of carbonyl (C=O) groups is 1. The minimum Gasteiger partial charge on any atom is -0.484 e. The summed E-state index contributed by atoms with van der Waals surface area (Å²) in [5, 5.41) is 9.82. The molecule has 0 saturated heterocycles. The first-order chi connectivity index (χ1) is 9.74. The Hall–Kier alpha value is -2.47. The second kappa shape index (κ2) is 5.26. The molecule has 1 aromatic carbocycles. The molecule has 3 rings (SSSR count). The van der Waals surface area contributed by atoms with Gasteiger partial charge in [0.1, 0.15) is 11.6 Å². The molecule has 0 aliphatic rings. The molecule has 0 aliphatic heterocycles. The van der Waals surface area contributed by atoms with Crippen molar-refractivity contribution in [3.05, 3.63) is 53.3 Å². The van der Waals surface area contributed by atoms with Crippen LogP contribution >= 0.6 is 11.3 Å². The molecular weight excluding hydrogens is 276 g/mol. The van der Waals surface area contributed by atoms with Crippen LogP contribution in [-0.2, 0) is 6.61 Å². The minimum atomic E-state index is -1.11. The Bertz CT molecular complexity index is 737. The van der Waals surface area contributed by atoms with Crippen LogP contribution in [0.1, 0.15) is 15.5 Å². The van der Waals surface area contributed by atoms with Crippen molar-refractivity contribution in [1.82, 2.24) is 9.97 Å². The molecule has 0 bridgehead atoms. The van der Waals surface area contributed by atoms with E-state index >= 15 is 0 Å². The number of para-hydroxylation sites is 1. The third-order valence-electron chi connectivity index (χ3n) is 2.66. The summed E-state index contributed by atoms with van der Waals surface area (Å²) in [5.41, 5.74) is 0.828. The topological polar surface area (TPSA) is 72.3 Å². The molecule has 0 spiro atoms. The van der Waals surface area contributed by atoms with Crippen LogP contribution in [-0.4, -0.2) is 21.0 Å². The lowest BCUT2D eigenvalue weighted by atomic mass is 10.3. The molecule has 100 valence electrons. The molecule has 20 heavy (non-hydrogen) atoms. The molecule has 1 N–H and O–H groups in total. The van der Waals surface area contributed by atoms with Gasteiger partial charge in [0.15, 0.2) is 11.4 Å². The predicted molar refractivity (Wildman–Crippen MR) is 75.1 cm³/mol. The Labute approximate surface area is 118 Å². The summed E-state index contributed by atoms with van der Waals surface area (Å²) in [5.74, 6) is -0.857. The smallest absolute Gasteiger partial charge is 0.358 e. The number of aromatic carboxylic acids is 1. The van der Waals surface area contributed by atoms with Gasteiger partial charge >= 0.3 is 5.97 Å². The van der Waals surface area contributed by atoms with Gasteiger partial charge in [-0.15, -0.1) is 11.3 Å². The van der Waals surface area contributed by atoms with Gasteiger partial charge in [-0.3, -0.25) is 0 Å². The fourth-order valence-corrected chi connectivity index (χ4v) is 2.67. The van der Waals surface area contributed by atoms with Crippen molar-refractivity contribution in [1.29, 1.82) is 0 Å². The Morgan fingerprint density at radius 3 is 2.90 bits per heavy atom. The van der Waals surface area contributed by atoms with Crippen molar-refractivity contribution in [2.75, 3.05) is 0 Å². The van der Waals surface area contributed by atoms with Crippen LogP contribution in [0.5, 0.6) is 5.75 Å². The first kappa shape index (κ1) is 12.6. The number of fused-ring (bicyclic) bond motifs is 1. The molecule has 5 nitrogen and oxygen atoms in total. The normalized spacial score (nSPS) is 10.6. The second-order valence-corrected chi connectivity index (χ2v) is 5.13. The highest BCUT2D eigenvalue weighted by Crippen LogP contribution is 2.23. The summed E-state index contributed by atoms with van der Waals surface area (Å²) in [6.07, 6.45) is 1.42. The van der Waals surface area contributed by atoms with Crippen LogP contribution in [0, 0.1) is 0 Å². The minimum absolute atomic E-state index is 0.0892.